The second kappa shape index (κ2) is 5.30. The zero-order valence-corrected chi connectivity index (χ0v) is 13.5. The lowest BCUT2D eigenvalue weighted by Gasteiger charge is -2.08. The van der Waals surface area contributed by atoms with Gasteiger partial charge in [0.2, 0.25) is 0 Å². The molecule has 0 radical (unpaired) electrons. The smallest absolute Gasteiger partial charge is 0.0657 e. The third kappa shape index (κ3) is 2.95. The second-order valence-electron chi connectivity index (χ2n) is 4.53. The molecule has 0 unspecified atom stereocenters. The average Bonchev–Trinajstić information content (AvgIpc) is 3.08. The minimum absolute atomic E-state index is 0.740. The Bertz CT molecular complexity index is 563. The number of hydrogen-bond donors (Lipinski definition) is 1. The van der Waals surface area contributed by atoms with E-state index in [4.69, 9.17) is 0 Å². The van der Waals surface area contributed by atoms with Gasteiger partial charge in [-0.05, 0) is 53.1 Å². The van der Waals surface area contributed by atoms with Crippen LogP contribution in [0.2, 0.25) is 0 Å². The van der Waals surface area contributed by atoms with Crippen molar-refractivity contribution in [2.45, 2.75) is 25.4 Å². The van der Waals surface area contributed by atoms with Crippen molar-refractivity contribution in [3.05, 3.63) is 44.2 Å². The van der Waals surface area contributed by atoms with Gasteiger partial charge in [-0.1, -0.05) is 22.0 Å². The van der Waals surface area contributed by atoms with Crippen molar-refractivity contribution in [1.82, 2.24) is 15.1 Å². The van der Waals surface area contributed by atoms with Crippen LogP contribution >= 0.6 is 38.5 Å². The molecule has 1 aliphatic carbocycles. The van der Waals surface area contributed by atoms with Crippen LogP contribution in [0, 0.1) is 3.57 Å². The van der Waals surface area contributed by atoms with E-state index in [1.165, 1.54) is 18.4 Å². The molecule has 18 heavy (non-hydrogen) atoms. The molecule has 3 nitrogen and oxygen atoms in total. The van der Waals surface area contributed by atoms with Gasteiger partial charge in [0, 0.05) is 23.3 Å². The van der Waals surface area contributed by atoms with Gasteiger partial charge in [0.1, 0.15) is 0 Å². The Kier molecular flexibility index (Phi) is 3.72. The van der Waals surface area contributed by atoms with Gasteiger partial charge >= 0.3 is 0 Å². The molecule has 1 N–H and O–H groups in total. The van der Waals surface area contributed by atoms with Gasteiger partial charge < -0.3 is 5.32 Å². The van der Waals surface area contributed by atoms with Crippen LogP contribution in [0.3, 0.4) is 0 Å². The molecule has 1 fully saturated rings. The van der Waals surface area contributed by atoms with E-state index in [2.05, 4.69) is 67.1 Å². The minimum Gasteiger partial charge on any atom is -0.310 e. The molecule has 94 valence electrons. The van der Waals surface area contributed by atoms with Gasteiger partial charge in [-0.2, -0.15) is 5.10 Å². The predicted molar refractivity (Wildman–Crippen MR) is 83.8 cm³/mol. The molecule has 0 amide bonds. The fraction of sp³-hybridized carbons (Fsp3) is 0.308. The van der Waals surface area contributed by atoms with E-state index >= 15 is 0 Å². The van der Waals surface area contributed by atoms with Crippen LogP contribution in [0.5, 0.6) is 0 Å². The number of benzene rings is 1. The predicted octanol–water partition coefficient (Wildman–Crippen LogP) is 3.49. The Morgan fingerprint density at radius 2 is 2.28 bits per heavy atom. The molecule has 0 saturated heterocycles. The van der Waals surface area contributed by atoms with Gasteiger partial charge in [-0.25, -0.2) is 4.68 Å². The summed E-state index contributed by atoms with van der Waals surface area (Å²) in [6.45, 7) is 0.933. The highest BCUT2D eigenvalue weighted by molar-refractivity contribution is 14.1. The highest BCUT2D eigenvalue weighted by Gasteiger charge is 2.20. The molecule has 0 spiro atoms. The molecule has 5 heteroatoms. The van der Waals surface area contributed by atoms with E-state index in [9.17, 15) is 0 Å². The summed E-state index contributed by atoms with van der Waals surface area (Å²) in [5, 5.41) is 7.84. The largest absolute Gasteiger partial charge is 0.310 e. The van der Waals surface area contributed by atoms with Crippen molar-refractivity contribution >= 4 is 38.5 Å². The molecule has 1 aromatic heterocycles. The van der Waals surface area contributed by atoms with E-state index in [0.717, 1.165) is 26.3 Å². The van der Waals surface area contributed by atoms with E-state index in [0.29, 0.717) is 0 Å². The second-order valence-corrected chi connectivity index (χ2v) is 6.63. The maximum absolute atomic E-state index is 4.31. The third-order valence-electron chi connectivity index (χ3n) is 3.01. The topological polar surface area (TPSA) is 29.9 Å². The van der Waals surface area contributed by atoms with Crippen molar-refractivity contribution in [2.75, 3.05) is 0 Å². The summed E-state index contributed by atoms with van der Waals surface area (Å²) in [5.41, 5.74) is 2.38. The summed E-state index contributed by atoms with van der Waals surface area (Å²) in [4.78, 5) is 0. The number of nitrogens with zero attached hydrogens (tertiary/aromatic N) is 2. The molecular formula is C13H13BrIN3. The van der Waals surface area contributed by atoms with Crippen molar-refractivity contribution in [1.29, 1.82) is 0 Å². The van der Waals surface area contributed by atoms with Crippen molar-refractivity contribution in [3.63, 3.8) is 0 Å². The average molecular weight is 418 g/mol. The molecule has 2 aromatic rings. The van der Waals surface area contributed by atoms with Gasteiger partial charge in [0.25, 0.3) is 0 Å². The van der Waals surface area contributed by atoms with Gasteiger partial charge in [-0.15, -0.1) is 0 Å². The maximum atomic E-state index is 4.31. The van der Waals surface area contributed by atoms with Crippen LogP contribution in [0.25, 0.3) is 5.69 Å². The first-order valence-electron chi connectivity index (χ1n) is 5.95. The van der Waals surface area contributed by atoms with Crippen molar-refractivity contribution < 1.29 is 0 Å². The number of rotatable bonds is 4. The van der Waals surface area contributed by atoms with Crippen LogP contribution in [-0.2, 0) is 6.54 Å². The summed E-state index contributed by atoms with van der Waals surface area (Å²) in [7, 11) is 0. The lowest BCUT2D eigenvalue weighted by atomic mass is 10.2. The molecule has 0 atom stereocenters. The fourth-order valence-electron chi connectivity index (χ4n) is 1.81. The Labute approximate surface area is 128 Å². The maximum Gasteiger partial charge on any atom is 0.0657 e. The zero-order chi connectivity index (χ0) is 12.5. The Morgan fingerprint density at radius 3 is 2.89 bits per heavy atom. The standard InChI is InChI=1S/C13H13BrIN3/c14-13-5-12(18-8-10(15)7-17-18)4-1-9(13)6-16-11-2-3-11/h1,4-5,7-8,11,16H,2-3,6H2. The normalized spacial score (nSPS) is 15.0. The zero-order valence-electron chi connectivity index (χ0n) is 9.74. The first-order valence-corrected chi connectivity index (χ1v) is 7.82. The molecule has 1 heterocycles. The monoisotopic (exact) mass is 417 g/mol. The van der Waals surface area contributed by atoms with Crippen LogP contribution in [0.4, 0.5) is 0 Å². The Morgan fingerprint density at radius 1 is 1.44 bits per heavy atom. The summed E-state index contributed by atoms with van der Waals surface area (Å²) >= 11 is 5.90. The molecule has 3 rings (SSSR count). The SMILES string of the molecule is Brc1cc(-n2cc(I)cn2)ccc1CNC1CC1. The first kappa shape index (κ1) is 12.6. The van der Waals surface area contributed by atoms with Gasteiger partial charge in [0.05, 0.1) is 15.5 Å². The van der Waals surface area contributed by atoms with E-state index in [1.54, 1.807) is 0 Å². The van der Waals surface area contributed by atoms with E-state index in [-0.39, 0.29) is 0 Å². The highest BCUT2D eigenvalue weighted by atomic mass is 127. The molecule has 0 bridgehead atoms. The molecule has 1 aromatic carbocycles. The quantitative estimate of drug-likeness (QED) is 0.771. The van der Waals surface area contributed by atoms with Gasteiger partial charge in [0.15, 0.2) is 0 Å². The molecule has 1 saturated carbocycles. The summed E-state index contributed by atoms with van der Waals surface area (Å²) < 4.78 is 4.17. The van der Waals surface area contributed by atoms with Crippen LogP contribution in [-0.4, -0.2) is 15.8 Å². The van der Waals surface area contributed by atoms with Crippen LogP contribution in [0.15, 0.2) is 35.1 Å². The number of hydrogen-bond acceptors (Lipinski definition) is 2. The lowest BCUT2D eigenvalue weighted by Crippen LogP contribution is -2.15. The minimum atomic E-state index is 0.740. The third-order valence-corrected chi connectivity index (χ3v) is 4.31. The molecule has 0 aliphatic heterocycles. The van der Waals surface area contributed by atoms with Crippen LogP contribution < -0.4 is 5.32 Å². The summed E-state index contributed by atoms with van der Waals surface area (Å²) in [6, 6.07) is 7.12. The van der Waals surface area contributed by atoms with Crippen molar-refractivity contribution in [2.24, 2.45) is 0 Å². The van der Waals surface area contributed by atoms with E-state index in [1.807, 2.05) is 17.1 Å². The number of halogens is 2. The Balaban J connectivity index is 1.79. The van der Waals surface area contributed by atoms with E-state index < -0.39 is 0 Å². The van der Waals surface area contributed by atoms with Crippen molar-refractivity contribution in [3.8, 4) is 5.69 Å². The highest BCUT2D eigenvalue weighted by Crippen LogP contribution is 2.23. The van der Waals surface area contributed by atoms with Gasteiger partial charge in [-0.3, -0.25) is 0 Å². The summed E-state index contributed by atoms with van der Waals surface area (Å²) in [5.74, 6) is 0. The Hall–Kier alpha value is -0.400. The first-order chi connectivity index (χ1) is 8.72. The lowest BCUT2D eigenvalue weighted by molar-refractivity contribution is 0.685. The molecule has 1 aliphatic rings. The number of nitrogens with one attached hydrogen (secondary N) is 1. The number of aromatic nitrogens is 2. The van der Waals surface area contributed by atoms with Crippen LogP contribution in [0.1, 0.15) is 18.4 Å². The summed E-state index contributed by atoms with van der Waals surface area (Å²) in [6.07, 6.45) is 6.52. The fourth-order valence-corrected chi connectivity index (χ4v) is 2.70. The molecular weight excluding hydrogens is 405 g/mol.